The van der Waals surface area contributed by atoms with Gasteiger partial charge in [-0.15, -0.1) is 0 Å². The van der Waals surface area contributed by atoms with Gasteiger partial charge < -0.3 is 10.0 Å². The molecule has 17 heavy (non-hydrogen) atoms. The van der Waals surface area contributed by atoms with E-state index >= 15 is 0 Å². The molecule has 0 saturated carbocycles. The molecule has 0 atom stereocenters. The van der Waals surface area contributed by atoms with Crippen molar-refractivity contribution in [2.75, 3.05) is 13.7 Å². The Bertz CT molecular complexity index is 393. The highest BCUT2D eigenvalue weighted by Gasteiger charge is 2.09. The van der Waals surface area contributed by atoms with Crippen molar-refractivity contribution in [1.29, 1.82) is 0 Å². The highest BCUT2D eigenvalue weighted by atomic mass is 19.1. The van der Waals surface area contributed by atoms with Crippen LogP contribution in [0.25, 0.3) is 0 Å². The fourth-order valence-corrected chi connectivity index (χ4v) is 1.59. The predicted molar refractivity (Wildman–Crippen MR) is 63.9 cm³/mol. The van der Waals surface area contributed by atoms with Gasteiger partial charge in [-0.05, 0) is 30.5 Å². The Kier molecular flexibility index (Phi) is 5.10. The first-order chi connectivity index (χ1) is 8.04. The lowest BCUT2D eigenvalue weighted by Crippen LogP contribution is -2.26. The van der Waals surface area contributed by atoms with Gasteiger partial charge >= 0.3 is 0 Å². The second-order valence-electron chi connectivity index (χ2n) is 4.16. The number of nitrogens with zero attached hydrogens (tertiary/aromatic N) is 1. The lowest BCUT2D eigenvalue weighted by atomic mass is 10.1. The van der Waals surface area contributed by atoms with Crippen LogP contribution >= 0.6 is 0 Å². The van der Waals surface area contributed by atoms with Gasteiger partial charge in [0.05, 0.1) is 0 Å². The zero-order chi connectivity index (χ0) is 12.8. The third kappa shape index (κ3) is 4.15. The van der Waals surface area contributed by atoms with E-state index in [0.29, 0.717) is 24.9 Å². The first-order valence-electron chi connectivity index (χ1n) is 5.64. The first-order valence-corrected chi connectivity index (χ1v) is 5.64. The van der Waals surface area contributed by atoms with E-state index in [1.807, 2.05) is 0 Å². The molecule has 0 unspecified atom stereocenters. The number of aliphatic hydroxyl groups is 1. The van der Waals surface area contributed by atoms with Gasteiger partial charge in [-0.1, -0.05) is 12.1 Å². The summed E-state index contributed by atoms with van der Waals surface area (Å²) in [6.45, 7) is 2.19. The second kappa shape index (κ2) is 6.35. The maximum atomic E-state index is 13.1. The summed E-state index contributed by atoms with van der Waals surface area (Å²) >= 11 is 0. The minimum Gasteiger partial charge on any atom is -0.396 e. The zero-order valence-electron chi connectivity index (χ0n) is 10.2. The molecule has 1 N–H and O–H groups in total. The van der Waals surface area contributed by atoms with Crippen LogP contribution in [0.2, 0.25) is 0 Å². The SMILES string of the molecule is Cc1cc(CN(C)C(=O)CCCO)ccc1F. The van der Waals surface area contributed by atoms with Crippen LogP contribution in [0, 0.1) is 12.7 Å². The molecule has 1 rings (SSSR count). The van der Waals surface area contributed by atoms with E-state index in [-0.39, 0.29) is 18.3 Å². The van der Waals surface area contributed by atoms with Crippen LogP contribution in [0.1, 0.15) is 24.0 Å². The standard InChI is InChI=1S/C13H18FNO2/c1-10-8-11(5-6-12(10)14)9-15(2)13(17)4-3-7-16/h5-6,8,16H,3-4,7,9H2,1-2H3. The van der Waals surface area contributed by atoms with Gasteiger partial charge in [-0.3, -0.25) is 4.79 Å². The molecule has 3 nitrogen and oxygen atoms in total. The third-order valence-corrected chi connectivity index (χ3v) is 2.62. The molecule has 94 valence electrons. The molecule has 0 aromatic heterocycles. The van der Waals surface area contributed by atoms with E-state index in [1.54, 1.807) is 31.0 Å². The van der Waals surface area contributed by atoms with Gasteiger partial charge in [0.25, 0.3) is 0 Å². The average molecular weight is 239 g/mol. The van der Waals surface area contributed by atoms with Gasteiger partial charge in [0.2, 0.25) is 5.91 Å². The highest BCUT2D eigenvalue weighted by Crippen LogP contribution is 2.11. The molecule has 0 saturated heterocycles. The Labute approximate surface area is 101 Å². The van der Waals surface area contributed by atoms with E-state index in [4.69, 9.17) is 5.11 Å². The topological polar surface area (TPSA) is 40.5 Å². The van der Waals surface area contributed by atoms with Gasteiger partial charge in [-0.2, -0.15) is 0 Å². The van der Waals surface area contributed by atoms with Crippen molar-refractivity contribution in [2.45, 2.75) is 26.3 Å². The summed E-state index contributed by atoms with van der Waals surface area (Å²) in [7, 11) is 1.71. The van der Waals surface area contributed by atoms with Crippen LogP contribution in [0.5, 0.6) is 0 Å². The van der Waals surface area contributed by atoms with Crippen molar-refractivity contribution in [1.82, 2.24) is 4.90 Å². The van der Waals surface area contributed by atoms with Gasteiger partial charge in [-0.25, -0.2) is 4.39 Å². The molecule has 0 fully saturated rings. The van der Waals surface area contributed by atoms with Crippen molar-refractivity contribution >= 4 is 5.91 Å². The van der Waals surface area contributed by atoms with Crippen molar-refractivity contribution in [3.05, 3.63) is 35.1 Å². The molecule has 0 aliphatic rings. The van der Waals surface area contributed by atoms with Crippen LogP contribution in [0.3, 0.4) is 0 Å². The Morgan fingerprint density at radius 3 is 2.76 bits per heavy atom. The van der Waals surface area contributed by atoms with Crippen LogP contribution in [-0.2, 0) is 11.3 Å². The number of carbonyl (C=O) groups excluding carboxylic acids is 1. The number of carbonyl (C=O) groups is 1. The van der Waals surface area contributed by atoms with E-state index in [0.717, 1.165) is 5.56 Å². The molecule has 1 aromatic carbocycles. The number of amides is 1. The van der Waals surface area contributed by atoms with Crippen LogP contribution in [0.15, 0.2) is 18.2 Å². The van der Waals surface area contributed by atoms with Crippen molar-refractivity contribution in [3.8, 4) is 0 Å². The van der Waals surface area contributed by atoms with Crippen molar-refractivity contribution in [2.24, 2.45) is 0 Å². The van der Waals surface area contributed by atoms with E-state index in [2.05, 4.69) is 0 Å². The molecule has 1 aromatic rings. The van der Waals surface area contributed by atoms with E-state index in [9.17, 15) is 9.18 Å². The van der Waals surface area contributed by atoms with Gasteiger partial charge in [0.15, 0.2) is 0 Å². The average Bonchev–Trinajstić information content (AvgIpc) is 2.30. The molecule has 0 aliphatic heterocycles. The normalized spacial score (nSPS) is 10.4. The molecule has 0 aliphatic carbocycles. The highest BCUT2D eigenvalue weighted by molar-refractivity contribution is 5.75. The fourth-order valence-electron chi connectivity index (χ4n) is 1.59. The van der Waals surface area contributed by atoms with Crippen molar-refractivity contribution in [3.63, 3.8) is 0 Å². The maximum Gasteiger partial charge on any atom is 0.222 e. The van der Waals surface area contributed by atoms with Crippen LogP contribution < -0.4 is 0 Å². The number of aryl methyl sites for hydroxylation is 1. The maximum absolute atomic E-state index is 13.1. The van der Waals surface area contributed by atoms with Crippen LogP contribution in [-0.4, -0.2) is 29.6 Å². The lowest BCUT2D eigenvalue weighted by Gasteiger charge is -2.17. The van der Waals surface area contributed by atoms with Gasteiger partial charge in [0, 0.05) is 26.6 Å². The monoisotopic (exact) mass is 239 g/mol. The number of hydrogen-bond donors (Lipinski definition) is 1. The number of aliphatic hydroxyl groups excluding tert-OH is 1. The molecule has 4 heteroatoms. The molecular formula is C13H18FNO2. The number of halogens is 1. The third-order valence-electron chi connectivity index (χ3n) is 2.62. The smallest absolute Gasteiger partial charge is 0.222 e. The predicted octanol–water partition coefficient (Wildman–Crippen LogP) is 1.87. The quantitative estimate of drug-likeness (QED) is 0.852. The zero-order valence-corrected chi connectivity index (χ0v) is 10.2. The molecule has 0 radical (unpaired) electrons. The molecule has 0 spiro atoms. The van der Waals surface area contributed by atoms with Crippen LogP contribution in [0.4, 0.5) is 4.39 Å². The Morgan fingerprint density at radius 1 is 1.47 bits per heavy atom. The fraction of sp³-hybridized carbons (Fsp3) is 0.462. The number of benzene rings is 1. The Balaban J connectivity index is 2.58. The summed E-state index contributed by atoms with van der Waals surface area (Å²) in [4.78, 5) is 13.2. The number of rotatable bonds is 5. The summed E-state index contributed by atoms with van der Waals surface area (Å²) in [6.07, 6.45) is 0.818. The largest absolute Gasteiger partial charge is 0.396 e. The summed E-state index contributed by atoms with van der Waals surface area (Å²) in [6, 6.07) is 4.83. The van der Waals surface area contributed by atoms with Gasteiger partial charge in [0.1, 0.15) is 5.82 Å². The minimum atomic E-state index is -0.233. The van der Waals surface area contributed by atoms with E-state index in [1.165, 1.54) is 6.07 Å². The lowest BCUT2D eigenvalue weighted by molar-refractivity contribution is -0.130. The number of hydrogen-bond acceptors (Lipinski definition) is 2. The summed E-state index contributed by atoms with van der Waals surface area (Å²) in [5.41, 5.74) is 1.49. The Hall–Kier alpha value is -1.42. The molecule has 0 bridgehead atoms. The van der Waals surface area contributed by atoms with E-state index < -0.39 is 0 Å². The summed E-state index contributed by atoms with van der Waals surface area (Å²) < 4.78 is 13.1. The minimum absolute atomic E-state index is 0.0129. The Morgan fingerprint density at radius 2 is 2.18 bits per heavy atom. The molecule has 0 heterocycles. The summed E-state index contributed by atoms with van der Waals surface area (Å²) in [5.74, 6) is -0.246. The molecular weight excluding hydrogens is 221 g/mol. The summed E-state index contributed by atoms with van der Waals surface area (Å²) in [5, 5.41) is 8.64. The first kappa shape index (κ1) is 13.6. The second-order valence-corrected chi connectivity index (χ2v) is 4.16. The molecule has 1 amide bonds. The van der Waals surface area contributed by atoms with Crippen molar-refractivity contribution < 1.29 is 14.3 Å².